The van der Waals surface area contributed by atoms with Crippen molar-refractivity contribution in [2.75, 3.05) is 0 Å². The molecule has 3 heterocycles. The highest BCUT2D eigenvalue weighted by atomic mass is 35.5. The fourth-order valence-corrected chi connectivity index (χ4v) is 5.05. The number of hydrogen-bond acceptors (Lipinski definition) is 3. The zero-order valence-electron chi connectivity index (χ0n) is 15.4. The maximum Gasteiger partial charge on any atom is 0.416 e. The summed E-state index contributed by atoms with van der Waals surface area (Å²) < 4.78 is 40.9. The van der Waals surface area contributed by atoms with E-state index in [-0.39, 0.29) is 10.6 Å². The van der Waals surface area contributed by atoms with Crippen LogP contribution in [0.5, 0.6) is 0 Å². The van der Waals surface area contributed by atoms with Crippen molar-refractivity contribution in [2.24, 2.45) is 0 Å². The van der Waals surface area contributed by atoms with Crippen LogP contribution in [0.1, 0.15) is 11.1 Å². The largest absolute Gasteiger partial charge is 0.416 e. The summed E-state index contributed by atoms with van der Waals surface area (Å²) in [6.07, 6.45) is -7.26. The van der Waals surface area contributed by atoms with Gasteiger partial charge in [-0.25, -0.2) is 0 Å². The Morgan fingerprint density at radius 2 is 1.97 bits per heavy atom. The normalized spacial score (nSPS) is 13.5. The van der Waals surface area contributed by atoms with E-state index in [1.54, 1.807) is 12.1 Å². The number of fused-ring (bicyclic) bond motifs is 3. The predicted octanol–water partition coefficient (Wildman–Crippen LogP) is 5.40. The van der Waals surface area contributed by atoms with Gasteiger partial charge >= 0.3 is 6.18 Å². The number of aryl methyl sites for hydroxylation is 2. The third-order valence-corrected chi connectivity index (χ3v) is 6.36. The van der Waals surface area contributed by atoms with Crippen molar-refractivity contribution in [3.63, 3.8) is 0 Å². The number of H-pyrrole nitrogens is 1. The molecule has 0 bridgehead atoms. The lowest BCUT2D eigenvalue weighted by molar-refractivity contribution is -0.207. The summed E-state index contributed by atoms with van der Waals surface area (Å²) in [5.74, 6) is 0. The van der Waals surface area contributed by atoms with E-state index >= 15 is 0 Å². The summed E-state index contributed by atoms with van der Waals surface area (Å²) in [6.45, 7) is 3.05. The van der Waals surface area contributed by atoms with Gasteiger partial charge in [0, 0.05) is 22.4 Å². The lowest BCUT2D eigenvalue weighted by Gasteiger charge is -2.18. The van der Waals surface area contributed by atoms with Crippen LogP contribution >= 0.6 is 22.9 Å². The van der Waals surface area contributed by atoms with Gasteiger partial charge in [-0.15, -0.1) is 11.3 Å². The van der Waals surface area contributed by atoms with Gasteiger partial charge in [0.15, 0.2) is 6.10 Å². The summed E-state index contributed by atoms with van der Waals surface area (Å²) in [6, 6.07) is 6.41. The number of rotatable bonds is 3. The van der Waals surface area contributed by atoms with E-state index in [4.69, 9.17) is 11.6 Å². The molecule has 0 fully saturated rings. The van der Waals surface area contributed by atoms with Gasteiger partial charge in [-0.1, -0.05) is 11.6 Å². The summed E-state index contributed by atoms with van der Waals surface area (Å²) in [7, 11) is 0. The molecule has 0 aliphatic heterocycles. The molecule has 1 atom stereocenters. The highest BCUT2D eigenvalue weighted by molar-refractivity contribution is 7.13. The van der Waals surface area contributed by atoms with E-state index in [0.717, 1.165) is 16.0 Å². The summed E-state index contributed by atoms with van der Waals surface area (Å²) >= 11 is 7.77. The number of pyridine rings is 1. The molecule has 0 saturated heterocycles. The van der Waals surface area contributed by atoms with Crippen LogP contribution < -0.4 is 5.56 Å². The Balaban J connectivity index is 2.13. The van der Waals surface area contributed by atoms with Crippen molar-refractivity contribution in [3.8, 4) is 10.6 Å². The van der Waals surface area contributed by atoms with Crippen LogP contribution in [0.4, 0.5) is 13.2 Å². The molecule has 0 amide bonds. The quantitative estimate of drug-likeness (QED) is 0.448. The topological polar surface area (TPSA) is 58.0 Å². The smallest absolute Gasteiger partial charge is 0.382 e. The molecule has 0 saturated carbocycles. The van der Waals surface area contributed by atoms with Gasteiger partial charge in [-0.3, -0.25) is 4.79 Å². The second-order valence-electron chi connectivity index (χ2n) is 6.94. The first kappa shape index (κ1) is 20.0. The molecular weight excluding hydrogens is 425 g/mol. The van der Waals surface area contributed by atoms with Crippen molar-refractivity contribution in [3.05, 3.63) is 56.1 Å². The van der Waals surface area contributed by atoms with E-state index in [9.17, 15) is 23.1 Å². The number of hydrogen-bond donors (Lipinski definition) is 2. The van der Waals surface area contributed by atoms with Crippen molar-refractivity contribution in [2.45, 2.75) is 32.7 Å². The number of aromatic nitrogens is 2. The average molecular weight is 441 g/mol. The van der Waals surface area contributed by atoms with E-state index in [2.05, 4.69) is 4.98 Å². The monoisotopic (exact) mass is 440 g/mol. The van der Waals surface area contributed by atoms with Gasteiger partial charge in [0.25, 0.3) is 0 Å². The van der Waals surface area contributed by atoms with E-state index in [1.807, 2.05) is 25.3 Å². The molecule has 2 N–H and O–H groups in total. The number of thiophene rings is 1. The summed E-state index contributed by atoms with van der Waals surface area (Å²) in [5, 5.41) is 13.1. The minimum absolute atomic E-state index is 0.223. The first-order valence-electron chi connectivity index (χ1n) is 8.73. The number of nitrogens with one attached hydrogen (secondary N) is 1. The molecule has 4 rings (SSSR count). The number of benzene rings is 1. The van der Waals surface area contributed by atoms with Crippen molar-refractivity contribution < 1.29 is 18.3 Å². The zero-order valence-corrected chi connectivity index (χ0v) is 17.0. The molecule has 0 unspecified atom stereocenters. The molecule has 1 aromatic carbocycles. The van der Waals surface area contributed by atoms with Crippen molar-refractivity contribution >= 4 is 44.7 Å². The SMILES string of the molecule is Cc1ccsc1-c1c(C)c2c3c(Cl)cc(=O)[nH]c3ccc2n1C[C@@H](O)C(F)(F)F. The van der Waals surface area contributed by atoms with Crippen molar-refractivity contribution in [1.82, 2.24) is 9.55 Å². The van der Waals surface area contributed by atoms with Gasteiger partial charge in [0.05, 0.1) is 27.7 Å². The standard InChI is InChI=1S/C20H16ClF3N2O2S/c1-9-5-6-29-19(9)18-10(2)16-13(26(18)8-14(27)20(22,23)24)4-3-12-17(16)11(21)7-15(28)25-12/h3-7,14,27H,8H2,1-2H3,(H,25,28)/t14-/m1/s1. The molecule has 152 valence electrons. The van der Waals surface area contributed by atoms with E-state index < -0.39 is 18.8 Å². The van der Waals surface area contributed by atoms with Gasteiger partial charge in [0.1, 0.15) is 0 Å². The Morgan fingerprint density at radius 3 is 2.59 bits per heavy atom. The van der Waals surface area contributed by atoms with Crippen LogP contribution in [-0.4, -0.2) is 26.9 Å². The number of aromatic amines is 1. The Morgan fingerprint density at radius 1 is 1.24 bits per heavy atom. The van der Waals surface area contributed by atoms with E-state index in [1.165, 1.54) is 22.0 Å². The average Bonchev–Trinajstić information content (AvgIpc) is 3.15. The molecule has 3 aromatic heterocycles. The van der Waals surface area contributed by atoms with Crippen molar-refractivity contribution in [1.29, 1.82) is 0 Å². The van der Waals surface area contributed by atoms with Gasteiger partial charge in [-0.2, -0.15) is 13.2 Å². The summed E-state index contributed by atoms with van der Waals surface area (Å²) in [5.41, 5.74) is 2.91. The number of aliphatic hydroxyl groups excluding tert-OH is 1. The molecule has 0 aliphatic rings. The minimum atomic E-state index is -4.74. The Labute approximate surface area is 172 Å². The Bertz CT molecular complexity index is 1300. The zero-order chi connectivity index (χ0) is 21.1. The fraction of sp³-hybridized carbons (Fsp3) is 0.250. The number of alkyl halides is 3. The second kappa shape index (κ2) is 6.90. The van der Waals surface area contributed by atoms with Crippen LogP contribution in [0.2, 0.25) is 5.02 Å². The molecule has 29 heavy (non-hydrogen) atoms. The Kier molecular flexibility index (Phi) is 4.76. The maximum atomic E-state index is 13.1. The fourth-order valence-electron chi connectivity index (χ4n) is 3.72. The number of nitrogens with zero attached hydrogens (tertiary/aromatic N) is 1. The van der Waals surface area contributed by atoms with Crippen LogP contribution in [0.15, 0.2) is 34.4 Å². The molecule has 0 spiro atoms. The number of halogens is 4. The third-order valence-electron chi connectivity index (χ3n) is 5.04. The molecule has 0 aliphatic carbocycles. The minimum Gasteiger partial charge on any atom is -0.382 e. The van der Waals surface area contributed by atoms with Crippen LogP contribution in [0, 0.1) is 13.8 Å². The van der Waals surface area contributed by atoms with Gasteiger partial charge in [-0.05, 0) is 48.6 Å². The molecule has 0 radical (unpaired) electrons. The first-order valence-corrected chi connectivity index (χ1v) is 9.99. The number of aliphatic hydroxyl groups is 1. The lowest BCUT2D eigenvalue weighted by Crippen LogP contribution is -2.32. The summed E-state index contributed by atoms with van der Waals surface area (Å²) in [4.78, 5) is 15.3. The van der Waals surface area contributed by atoms with E-state index in [0.29, 0.717) is 27.5 Å². The predicted molar refractivity (Wildman–Crippen MR) is 110 cm³/mol. The maximum absolute atomic E-state index is 13.1. The highest BCUT2D eigenvalue weighted by Crippen LogP contribution is 2.42. The molecular formula is C20H16ClF3N2O2S. The molecule has 4 nitrogen and oxygen atoms in total. The third kappa shape index (κ3) is 3.25. The van der Waals surface area contributed by atoms with Crippen LogP contribution in [0.3, 0.4) is 0 Å². The lowest BCUT2D eigenvalue weighted by atomic mass is 10.1. The highest BCUT2D eigenvalue weighted by Gasteiger charge is 2.39. The van der Waals surface area contributed by atoms with Crippen LogP contribution in [0.25, 0.3) is 32.4 Å². The van der Waals surface area contributed by atoms with Gasteiger partial charge in [0.2, 0.25) is 5.56 Å². The first-order chi connectivity index (χ1) is 13.6. The molecule has 9 heteroatoms. The second-order valence-corrected chi connectivity index (χ2v) is 8.26. The Hall–Kier alpha value is -2.29. The van der Waals surface area contributed by atoms with Crippen LogP contribution in [-0.2, 0) is 6.54 Å². The molecule has 4 aromatic rings. The van der Waals surface area contributed by atoms with Gasteiger partial charge < -0.3 is 14.7 Å².